The lowest BCUT2D eigenvalue weighted by Crippen LogP contribution is -2.12. The Morgan fingerprint density at radius 1 is 1.35 bits per heavy atom. The average Bonchev–Trinajstić information content (AvgIpc) is 2.85. The summed E-state index contributed by atoms with van der Waals surface area (Å²) in [7, 11) is 1.96. The van der Waals surface area contributed by atoms with Crippen molar-refractivity contribution >= 4 is 0 Å². The van der Waals surface area contributed by atoms with Crippen molar-refractivity contribution < 1.29 is 4.42 Å². The van der Waals surface area contributed by atoms with Gasteiger partial charge in [0.25, 0.3) is 0 Å². The van der Waals surface area contributed by atoms with E-state index >= 15 is 0 Å². The van der Waals surface area contributed by atoms with Crippen LogP contribution in [0.25, 0.3) is 0 Å². The number of hydrogen-bond acceptors (Lipinski definition) is 3. The molecular weight excluding hydrogens is 214 g/mol. The average molecular weight is 233 g/mol. The van der Waals surface area contributed by atoms with Crippen molar-refractivity contribution in [2.24, 2.45) is 7.05 Å². The van der Waals surface area contributed by atoms with Gasteiger partial charge in [-0.25, -0.2) is 0 Å². The third-order valence-corrected chi connectivity index (χ3v) is 2.74. The van der Waals surface area contributed by atoms with Gasteiger partial charge in [0.05, 0.1) is 12.2 Å². The zero-order valence-electron chi connectivity index (χ0n) is 10.7. The normalized spacial score (nSPS) is 11.0. The number of aromatic nitrogens is 2. The topological polar surface area (TPSA) is 43.0 Å². The Morgan fingerprint density at radius 3 is 2.82 bits per heavy atom. The van der Waals surface area contributed by atoms with Crippen molar-refractivity contribution in [3.8, 4) is 0 Å². The summed E-state index contributed by atoms with van der Waals surface area (Å²) in [4.78, 5) is 0. The predicted octanol–water partition coefficient (Wildman–Crippen LogP) is 2.17. The van der Waals surface area contributed by atoms with E-state index in [2.05, 4.69) is 23.5 Å². The Bertz CT molecular complexity index is 485. The highest BCUT2D eigenvalue weighted by Crippen LogP contribution is 2.09. The smallest absolute Gasteiger partial charge is 0.117 e. The van der Waals surface area contributed by atoms with Crippen LogP contribution in [0, 0.1) is 6.92 Å². The number of rotatable bonds is 5. The summed E-state index contributed by atoms with van der Waals surface area (Å²) < 4.78 is 7.37. The fourth-order valence-corrected chi connectivity index (χ4v) is 1.93. The molecule has 4 heteroatoms. The first kappa shape index (κ1) is 11.9. The molecule has 0 saturated heterocycles. The van der Waals surface area contributed by atoms with Crippen molar-refractivity contribution in [3.63, 3.8) is 0 Å². The van der Waals surface area contributed by atoms with Gasteiger partial charge in [-0.15, -0.1) is 0 Å². The van der Waals surface area contributed by atoms with E-state index in [0.29, 0.717) is 0 Å². The van der Waals surface area contributed by atoms with Crippen LogP contribution in [0.3, 0.4) is 0 Å². The molecule has 0 aliphatic rings. The van der Waals surface area contributed by atoms with Gasteiger partial charge >= 0.3 is 0 Å². The maximum absolute atomic E-state index is 5.50. The summed E-state index contributed by atoms with van der Waals surface area (Å²) in [5.74, 6) is 1.93. The molecule has 0 saturated carbocycles. The zero-order valence-corrected chi connectivity index (χ0v) is 10.7. The molecule has 0 fully saturated rings. The van der Waals surface area contributed by atoms with E-state index in [1.165, 1.54) is 5.56 Å². The highest BCUT2D eigenvalue weighted by molar-refractivity contribution is 5.16. The lowest BCUT2D eigenvalue weighted by molar-refractivity contribution is 0.461. The highest BCUT2D eigenvalue weighted by atomic mass is 16.3. The van der Waals surface area contributed by atoms with Gasteiger partial charge in [-0.2, -0.15) is 5.10 Å². The fraction of sp³-hybridized carbons (Fsp3) is 0.462. The maximum Gasteiger partial charge on any atom is 0.117 e. The molecule has 2 rings (SSSR count). The Labute approximate surface area is 102 Å². The molecule has 1 N–H and O–H groups in total. The van der Waals surface area contributed by atoms with Gasteiger partial charge in [-0.3, -0.25) is 4.68 Å². The largest absolute Gasteiger partial charge is 0.465 e. The molecular formula is C13H19N3O. The number of furan rings is 1. The molecule has 0 atom stereocenters. The highest BCUT2D eigenvalue weighted by Gasteiger charge is 2.05. The molecule has 0 spiro atoms. The third-order valence-electron chi connectivity index (χ3n) is 2.74. The van der Waals surface area contributed by atoms with Crippen LogP contribution in [0.1, 0.15) is 29.7 Å². The van der Waals surface area contributed by atoms with Gasteiger partial charge in [0, 0.05) is 25.4 Å². The summed E-state index contributed by atoms with van der Waals surface area (Å²) >= 11 is 0. The SMILES string of the molecule is CCc1nn(C)cc1CNCc1ccc(C)o1. The van der Waals surface area contributed by atoms with Crippen LogP contribution >= 0.6 is 0 Å². The maximum atomic E-state index is 5.50. The first-order chi connectivity index (χ1) is 8.19. The van der Waals surface area contributed by atoms with Gasteiger partial charge in [-0.1, -0.05) is 6.92 Å². The van der Waals surface area contributed by atoms with Crippen molar-refractivity contribution in [2.45, 2.75) is 33.4 Å². The lowest BCUT2D eigenvalue weighted by Gasteiger charge is -2.02. The van der Waals surface area contributed by atoms with E-state index in [4.69, 9.17) is 4.42 Å². The monoisotopic (exact) mass is 233 g/mol. The minimum absolute atomic E-state index is 0.756. The standard InChI is InChI=1S/C13H19N3O/c1-4-13-11(9-16(3)15-13)7-14-8-12-6-5-10(2)17-12/h5-6,9,14H,4,7-8H2,1-3H3. The second-order valence-corrected chi connectivity index (χ2v) is 4.24. The lowest BCUT2D eigenvalue weighted by atomic mass is 10.2. The predicted molar refractivity (Wildman–Crippen MR) is 66.6 cm³/mol. The molecule has 17 heavy (non-hydrogen) atoms. The summed E-state index contributed by atoms with van der Waals surface area (Å²) in [5, 5.41) is 7.78. The minimum atomic E-state index is 0.756. The molecule has 2 aromatic heterocycles. The van der Waals surface area contributed by atoms with Crippen molar-refractivity contribution in [2.75, 3.05) is 0 Å². The van der Waals surface area contributed by atoms with Gasteiger partial charge in [0.15, 0.2) is 0 Å². The van der Waals surface area contributed by atoms with E-state index in [1.54, 1.807) is 0 Å². The molecule has 92 valence electrons. The number of nitrogens with zero attached hydrogens (tertiary/aromatic N) is 2. The van der Waals surface area contributed by atoms with E-state index in [0.717, 1.165) is 36.7 Å². The van der Waals surface area contributed by atoms with E-state index in [-0.39, 0.29) is 0 Å². The number of nitrogens with one attached hydrogen (secondary N) is 1. The molecule has 2 heterocycles. The second kappa shape index (κ2) is 5.19. The summed E-state index contributed by atoms with van der Waals surface area (Å²) in [6.45, 7) is 5.67. The van der Waals surface area contributed by atoms with Crippen molar-refractivity contribution in [1.82, 2.24) is 15.1 Å². The van der Waals surface area contributed by atoms with Crippen LogP contribution in [0.4, 0.5) is 0 Å². The van der Waals surface area contributed by atoms with E-state index < -0.39 is 0 Å². The molecule has 0 unspecified atom stereocenters. The van der Waals surface area contributed by atoms with Gasteiger partial charge in [0.2, 0.25) is 0 Å². The van der Waals surface area contributed by atoms with Crippen LogP contribution in [0.15, 0.2) is 22.7 Å². The minimum Gasteiger partial charge on any atom is -0.465 e. The van der Waals surface area contributed by atoms with Gasteiger partial charge in [0.1, 0.15) is 11.5 Å². The number of hydrogen-bond donors (Lipinski definition) is 1. The van der Waals surface area contributed by atoms with Crippen molar-refractivity contribution in [3.05, 3.63) is 41.1 Å². The Kier molecular flexibility index (Phi) is 3.64. The second-order valence-electron chi connectivity index (χ2n) is 4.24. The van der Waals surface area contributed by atoms with Crippen LogP contribution in [-0.4, -0.2) is 9.78 Å². The first-order valence-corrected chi connectivity index (χ1v) is 5.96. The van der Waals surface area contributed by atoms with Crippen LogP contribution in [0.2, 0.25) is 0 Å². The van der Waals surface area contributed by atoms with Gasteiger partial charge in [-0.05, 0) is 25.5 Å². The van der Waals surface area contributed by atoms with Crippen LogP contribution < -0.4 is 5.32 Å². The van der Waals surface area contributed by atoms with Crippen LogP contribution in [-0.2, 0) is 26.6 Å². The van der Waals surface area contributed by atoms with E-state index in [9.17, 15) is 0 Å². The number of aryl methyl sites for hydroxylation is 3. The van der Waals surface area contributed by atoms with Crippen molar-refractivity contribution in [1.29, 1.82) is 0 Å². The van der Waals surface area contributed by atoms with E-state index in [1.807, 2.05) is 30.8 Å². The molecule has 0 amide bonds. The molecule has 0 bridgehead atoms. The Balaban J connectivity index is 1.89. The zero-order chi connectivity index (χ0) is 12.3. The first-order valence-electron chi connectivity index (χ1n) is 5.96. The molecule has 4 nitrogen and oxygen atoms in total. The van der Waals surface area contributed by atoms with Crippen LogP contribution in [0.5, 0.6) is 0 Å². The molecule has 0 radical (unpaired) electrons. The summed E-state index contributed by atoms with van der Waals surface area (Å²) in [5.41, 5.74) is 2.42. The van der Waals surface area contributed by atoms with Gasteiger partial charge < -0.3 is 9.73 Å². The molecule has 0 aromatic carbocycles. The quantitative estimate of drug-likeness (QED) is 0.860. The summed E-state index contributed by atoms with van der Waals surface area (Å²) in [6.07, 6.45) is 3.04. The molecule has 2 aromatic rings. The third kappa shape index (κ3) is 2.97. The fourth-order valence-electron chi connectivity index (χ4n) is 1.93. The Hall–Kier alpha value is -1.55. The molecule has 0 aliphatic carbocycles. The Morgan fingerprint density at radius 2 is 2.18 bits per heavy atom. The molecule has 0 aliphatic heterocycles. The summed E-state index contributed by atoms with van der Waals surface area (Å²) in [6, 6.07) is 3.99.